The van der Waals surface area contributed by atoms with Gasteiger partial charge in [0.1, 0.15) is 0 Å². The highest BCUT2D eigenvalue weighted by atomic mass is 35.5. The molecule has 20 heavy (non-hydrogen) atoms. The molecule has 0 aromatic carbocycles. The van der Waals surface area contributed by atoms with E-state index in [-0.39, 0.29) is 6.04 Å². The molecule has 3 aromatic rings. The minimum absolute atomic E-state index is 0.100. The average molecular weight is 289 g/mol. The summed E-state index contributed by atoms with van der Waals surface area (Å²) < 4.78 is 1.76. The Labute approximate surface area is 120 Å². The summed E-state index contributed by atoms with van der Waals surface area (Å²) in [6.45, 7) is 0. The number of nitrogens with two attached hydrogens (primary N) is 1. The van der Waals surface area contributed by atoms with Crippen LogP contribution < -0.4 is 11.3 Å². The van der Waals surface area contributed by atoms with Crippen molar-refractivity contribution in [2.75, 3.05) is 0 Å². The Balaban J connectivity index is 1.96. The highest BCUT2D eigenvalue weighted by Gasteiger charge is 2.17. The SMILES string of the molecule is NNC(Cc1ccncc1Cl)c1cnn2ccncc12. The standard InChI is InChI=1S/C13H13ClN6/c14-11-7-16-2-1-9(11)5-12(19-15)10-6-18-20-4-3-17-8-13(10)20/h1-4,6-8,12,19H,5,15H2. The summed E-state index contributed by atoms with van der Waals surface area (Å²) in [6, 6.07) is 1.79. The number of rotatable bonds is 4. The van der Waals surface area contributed by atoms with Crippen LogP contribution in [-0.2, 0) is 6.42 Å². The number of hydrogen-bond donors (Lipinski definition) is 2. The maximum atomic E-state index is 6.14. The molecular formula is C13H13ClN6. The molecule has 0 radical (unpaired) electrons. The molecule has 3 N–H and O–H groups in total. The third-order valence-corrected chi connectivity index (χ3v) is 3.55. The number of halogens is 1. The fourth-order valence-corrected chi connectivity index (χ4v) is 2.37. The van der Waals surface area contributed by atoms with Crippen LogP contribution in [0.15, 0.2) is 43.2 Å². The molecule has 0 aliphatic rings. The van der Waals surface area contributed by atoms with Gasteiger partial charge in [0.05, 0.1) is 29.0 Å². The van der Waals surface area contributed by atoms with Crippen LogP contribution in [0.3, 0.4) is 0 Å². The number of pyridine rings is 1. The first-order valence-electron chi connectivity index (χ1n) is 6.11. The number of nitrogens with one attached hydrogen (secondary N) is 1. The van der Waals surface area contributed by atoms with Crippen LogP contribution in [0.25, 0.3) is 5.52 Å². The Hall–Kier alpha value is -2.02. The summed E-state index contributed by atoms with van der Waals surface area (Å²) in [5.74, 6) is 5.69. The van der Waals surface area contributed by atoms with Gasteiger partial charge in [-0.3, -0.25) is 21.2 Å². The van der Waals surface area contributed by atoms with Crippen LogP contribution in [0.5, 0.6) is 0 Å². The molecule has 3 rings (SSSR count). The van der Waals surface area contributed by atoms with Crippen molar-refractivity contribution in [3.63, 3.8) is 0 Å². The Morgan fingerprint density at radius 2 is 2.10 bits per heavy atom. The lowest BCUT2D eigenvalue weighted by atomic mass is 10.0. The molecule has 1 atom stereocenters. The predicted molar refractivity (Wildman–Crippen MR) is 76.0 cm³/mol. The molecule has 0 bridgehead atoms. The van der Waals surface area contributed by atoms with Crippen LogP contribution in [0.2, 0.25) is 5.02 Å². The van der Waals surface area contributed by atoms with E-state index in [4.69, 9.17) is 17.4 Å². The summed E-state index contributed by atoms with van der Waals surface area (Å²) in [5.41, 5.74) is 5.69. The van der Waals surface area contributed by atoms with Gasteiger partial charge < -0.3 is 0 Å². The number of hydrogen-bond acceptors (Lipinski definition) is 5. The molecule has 1 unspecified atom stereocenters. The van der Waals surface area contributed by atoms with E-state index in [0.29, 0.717) is 11.4 Å². The summed E-state index contributed by atoms with van der Waals surface area (Å²) >= 11 is 6.14. The van der Waals surface area contributed by atoms with Crippen molar-refractivity contribution in [1.29, 1.82) is 0 Å². The summed E-state index contributed by atoms with van der Waals surface area (Å²) in [7, 11) is 0. The largest absolute Gasteiger partial charge is 0.271 e. The molecule has 0 fully saturated rings. The first-order chi connectivity index (χ1) is 9.79. The number of fused-ring (bicyclic) bond motifs is 1. The van der Waals surface area contributed by atoms with E-state index in [1.165, 1.54) is 0 Å². The van der Waals surface area contributed by atoms with Gasteiger partial charge in [0, 0.05) is 30.4 Å². The van der Waals surface area contributed by atoms with Crippen molar-refractivity contribution < 1.29 is 0 Å². The normalized spacial score (nSPS) is 12.7. The summed E-state index contributed by atoms with van der Waals surface area (Å²) in [6.07, 6.45) is 11.0. The fourth-order valence-electron chi connectivity index (χ4n) is 2.17. The monoisotopic (exact) mass is 288 g/mol. The lowest BCUT2D eigenvalue weighted by Crippen LogP contribution is -2.29. The van der Waals surface area contributed by atoms with Gasteiger partial charge in [0.25, 0.3) is 0 Å². The van der Waals surface area contributed by atoms with Gasteiger partial charge in [-0.25, -0.2) is 4.52 Å². The van der Waals surface area contributed by atoms with E-state index < -0.39 is 0 Å². The second-order valence-corrected chi connectivity index (χ2v) is 4.80. The van der Waals surface area contributed by atoms with Gasteiger partial charge in [-0.1, -0.05) is 11.6 Å². The first-order valence-corrected chi connectivity index (χ1v) is 6.49. The lowest BCUT2D eigenvalue weighted by molar-refractivity contribution is 0.555. The molecule has 0 saturated carbocycles. The Morgan fingerprint density at radius 3 is 2.90 bits per heavy atom. The van der Waals surface area contributed by atoms with Gasteiger partial charge in [0.15, 0.2) is 0 Å². The Morgan fingerprint density at radius 1 is 1.25 bits per heavy atom. The second-order valence-electron chi connectivity index (χ2n) is 4.40. The maximum Gasteiger partial charge on any atom is 0.0893 e. The molecule has 7 heteroatoms. The third-order valence-electron chi connectivity index (χ3n) is 3.21. The highest BCUT2D eigenvalue weighted by Crippen LogP contribution is 2.24. The zero-order valence-corrected chi connectivity index (χ0v) is 11.3. The van der Waals surface area contributed by atoms with Crippen molar-refractivity contribution in [2.45, 2.75) is 12.5 Å². The van der Waals surface area contributed by atoms with Gasteiger partial charge >= 0.3 is 0 Å². The third kappa shape index (κ3) is 2.36. The number of aromatic nitrogens is 4. The van der Waals surface area contributed by atoms with Gasteiger partial charge in [0.2, 0.25) is 0 Å². The Bertz CT molecular complexity index is 725. The van der Waals surface area contributed by atoms with Crippen LogP contribution in [0, 0.1) is 0 Å². The zero-order chi connectivity index (χ0) is 13.9. The number of nitrogens with zero attached hydrogens (tertiary/aromatic N) is 4. The molecule has 102 valence electrons. The minimum Gasteiger partial charge on any atom is -0.271 e. The second kappa shape index (κ2) is 5.54. The highest BCUT2D eigenvalue weighted by molar-refractivity contribution is 6.31. The number of hydrazine groups is 1. The van der Waals surface area contributed by atoms with E-state index in [0.717, 1.165) is 16.6 Å². The van der Waals surface area contributed by atoms with E-state index >= 15 is 0 Å². The predicted octanol–water partition coefficient (Wildman–Crippen LogP) is 1.52. The topological polar surface area (TPSA) is 81.1 Å². The molecule has 0 aliphatic carbocycles. The minimum atomic E-state index is -0.100. The van der Waals surface area contributed by atoms with E-state index in [1.54, 1.807) is 41.7 Å². The van der Waals surface area contributed by atoms with Gasteiger partial charge in [-0.15, -0.1) is 0 Å². The summed E-state index contributed by atoms with van der Waals surface area (Å²) in [4.78, 5) is 8.10. The quantitative estimate of drug-likeness (QED) is 0.562. The fraction of sp³-hybridized carbons (Fsp3) is 0.154. The van der Waals surface area contributed by atoms with Crippen LogP contribution >= 0.6 is 11.6 Å². The van der Waals surface area contributed by atoms with Crippen molar-refractivity contribution in [2.24, 2.45) is 5.84 Å². The zero-order valence-electron chi connectivity index (χ0n) is 10.6. The van der Waals surface area contributed by atoms with Crippen molar-refractivity contribution in [3.8, 4) is 0 Å². The van der Waals surface area contributed by atoms with Gasteiger partial charge in [-0.05, 0) is 18.1 Å². The molecule has 0 spiro atoms. The first kappa shape index (κ1) is 13.0. The Kier molecular flexibility index (Phi) is 3.60. The van der Waals surface area contributed by atoms with Crippen LogP contribution in [-0.4, -0.2) is 19.6 Å². The molecular weight excluding hydrogens is 276 g/mol. The molecule has 3 aromatic heterocycles. The smallest absolute Gasteiger partial charge is 0.0893 e. The van der Waals surface area contributed by atoms with Crippen molar-refractivity contribution in [3.05, 3.63) is 59.4 Å². The van der Waals surface area contributed by atoms with Crippen LogP contribution in [0.4, 0.5) is 0 Å². The van der Waals surface area contributed by atoms with Crippen molar-refractivity contribution >= 4 is 17.1 Å². The van der Waals surface area contributed by atoms with E-state index in [2.05, 4.69) is 20.5 Å². The van der Waals surface area contributed by atoms with E-state index in [9.17, 15) is 0 Å². The maximum absolute atomic E-state index is 6.14. The molecule has 3 heterocycles. The van der Waals surface area contributed by atoms with Crippen molar-refractivity contribution in [1.82, 2.24) is 25.0 Å². The molecule has 0 amide bonds. The summed E-state index contributed by atoms with van der Waals surface area (Å²) in [5, 5.41) is 4.91. The van der Waals surface area contributed by atoms with Gasteiger partial charge in [-0.2, -0.15) is 5.10 Å². The molecule has 6 nitrogen and oxygen atoms in total. The van der Waals surface area contributed by atoms with E-state index in [1.807, 2.05) is 6.07 Å². The average Bonchev–Trinajstić information content (AvgIpc) is 2.90. The molecule has 0 saturated heterocycles. The lowest BCUT2D eigenvalue weighted by Gasteiger charge is -2.15. The van der Waals surface area contributed by atoms with Crippen LogP contribution in [0.1, 0.15) is 17.2 Å². The molecule has 0 aliphatic heterocycles.